The average molecular weight is 247 g/mol. The molecule has 1 aromatic rings. The van der Waals surface area contributed by atoms with E-state index in [9.17, 15) is 5.11 Å². The molecule has 0 spiro atoms. The first-order valence-corrected chi connectivity index (χ1v) is 7.27. The van der Waals surface area contributed by atoms with Crippen LogP contribution in [0, 0.1) is 5.92 Å². The predicted octanol–water partition coefficient (Wildman–Crippen LogP) is 3.28. The smallest absolute Gasteiger partial charge is 0.0626 e. The zero-order valence-electron chi connectivity index (χ0n) is 11.3. The van der Waals surface area contributed by atoms with Gasteiger partial charge in [0.05, 0.1) is 12.6 Å². The molecule has 2 N–H and O–H groups in total. The number of benzene rings is 1. The molecule has 1 aliphatic rings. The topological polar surface area (TPSA) is 32.3 Å². The fraction of sp³-hybridized carbons (Fsp3) is 0.625. The van der Waals surface area contributed by atoms with E-state index in [0.717, 1.165) is 5.92 Å². The van der Waals surface area contributed by atoms with Crippen molar-refractivity contribution >= 4 is 0 Å². The third kappa shape index (κ3) is 3.33. The summed E-state index contributed by atoms with van der Waals surface area (Å²) in [4.78, 5) is 0. The van der Waals surface area contributed by atoms with Crippen molar-refractivity contribution in [2.75, 3.05) is 6.61 Å². The minimum atomic E-state index is 0.0864. The third-order valence-corrected chi connectivity index (χ3v) is 4.23. The second-order valence-corrected chi connectivity index (χ2v) is 5.37. The van der Waals surface area contributed by atoms with Crippen LogP contribution in [0.15, 0.2) is 30.3 Å². The zero-order valence-corrected chi connectivity index (χ0v) is 11.3. The van der Waals surface area contributed by atoms with Crippen molar-refractivity contribution in [3.05, 3.63) is 35.9 Å². The lowest BCUT2D eigenvalue weighted by molar-refractivity contribution is 0.187. The highest BCUT2D eigenvalue weighted by molar-refractivity contribution is 5.19. The van der Waals surface area contributed by atoms with Crippen LogP contribution in [0.25, 0.3) is 0 Å². The lowest BCUT2D eigenvalue weighted by Crippen LogP contribution is -2.41. The van der Waals surface area contributed by atoms with E-state index in [-0.39, 0.29) is 12.6 Å². The van der Waals surface area contributed by atoms with E-state index < -0.39 is 0 Å². The highest BCUT2D eigenvalue weighted by Crippen LogP contribution is 2.28. The van der Waals surface area contributed by atoms with Gasteiger partial charge in [-0.25, -0.2) is 0 Å². The predicted molar refractivity (Wildman–Crippen MR) is 75.4 cm³/mol. The Morgan fingerprint density at radius 1 is 1.22 bits per heavy atom. The van der Waals surface area contributed by atoms with E-state index in [4.69, 9.17) is 0 Å². The van der Waals surface area contributed by atoms with Crippen LogP contribution >= 0.6 is 0 Å². The van der Waals surface area contributed by atoms with Gasteiger partial charge in [0, 0.05) is 6.04 Å². The molecule has 0 amide bonds. The van der Waals surface area contributed by atoms with Gasteiger partial charge in [0.2, 0.25) is 0 Å². The van der Waals surface area contributed by atoms with Gasteiger partial charge in [-0.05, 0) is 24.3 Å². The Kier molecular flexibility index (Phi) is 5.21. The Bertz CT molecular complexity index is 338. The fourth-order valence-corrected chi connectivity index (χ4v) is 3.11. The molecular weight excluding hydrogens is 222 g/mol. The van der Waals surface area contributed by atoms with Gasteiger partial charge >= 0.3 is 0 Å². The molecule has 2 heteroatoms. The second-order valence-electron chi connectivity index (χ2n) is 5.37. The van der Waals surface area contributed by atoms with Crippen molar-refractivity contribution in [3.63, 3.8) is 0 Å². The molecule has 0 saturated heterocycles. The van der Waals surface area contributed by atoms with Crippen LogP contribution in [-0.2, 0) is 0 Å². The molecule has 0 radical (unpaired) electrons. The lowest BCUT2D eigenvalue weighted by Gasteiger charge is -2.34. The van der Waals surface area contributed by atoms with Crippen LogP contribution in [0.5, 0.6) is 0 Å². The van der Waals surface area contributed by atoms with Gasteiger partial charge in [-0.2, -0.15) is 0 Å². The van der Waals surface area contributed by atoms with Crippen molar-refractivity contribution in [3.8, 4) is 0 Å². The summed E-state index contributed by atoms with van der Waals surface area (Å²) in [6.07, 6.45) is 6.51. The molecule has 2 rings (SSSR count). The van der Waals surface area contributed by atoms with E-state index >= 15 is 0 Å². The van der Waals surface area contributed by atoms with Crippen molar-refractivity contribution in [2.45, 2.75) is 51.1 Å². The lowest BCUT2D eigenvalue weighted by atomic mass is 9.82. The Hall–Kier alpha value is -0.860. The summed E-state index contributed by atoms with van der Waals surface area (Å²) in [5.74, 6) is 0.775. The molecule has 1 saturated carbocycles. The molecule has 0 bridgehead atoms. The number of hydrogen-bond donors (Lipinski definition) is 2. The Labute approximate surface area is 110 Å². The van der Waals surface area contributed by atoms with Crippen molar-refractivity contribution in [2.24, 2.45) is 5.92 Å². The zero-order chi connectivity index (χ0) is 12.8. The quantitative estimate of drug-likeness (QED) is 0.837. The first kappa shape index (κ1) is 13.6. The van der Waals surface area contributed by atoms with Gasteiger partial charge in [-0.1, -0.05) is 56.5 Å². The molecule has 18 heavy (non-hydrogen) atoms. The fourth-order valence-electron chi connectivity index (χ4n) is 3.11. The molecule has 1 fully saturated rings. The molecule has 2 nitrogen and oxygen atoms in total. The van der Waals surface area contributed by atoms with Gasteiger partial charge in [0.25, 0.3) is 0 Å². The molecule has 1 aromatic carbocycles. The van der Waals surface area contributed by atoms with Crippen LogP contribution in [0.1, 0.15) is 50.6 Å². The maximum absolute atomic E-state index is 9.61. The molecule has 3 atom stereocenters. The summed E-state index contributed by atoms with van der Waals surface area (Å²) in [5.41, 5.74) is 1.19. The number of aliphatic hydroxyl groups is 1. The molecule has 2 unspecified atom stereocenters. The van der Waals surface area contributed by atoms with E-state index in [1.165, 1.54) is 37.7 Å². The van der Waals surface area contributed by atoms with Crippen LogP contribution in [0.4, 0.5) is 0 Å². The minimum absolute atomic E-state index is 0.0864. The van der Waals surface area contributed by atoms with E-state index in [1.807, 2.05) is 18.2 Å². The summed E-state index contributed by atoms with van der Waals surface area (Å²) in [7, 11) is 0. The van der Waals surface area contributed by atoms with E-state index in [1.54, 1.807) is 0 Å². The Morgan fingerprint density at radius 2 is 1.94 bits per heavy atom. The molecule has 100 valence electrons. The number of hydrogen-bond acceptors (Lipinski definition) is 2. The van der Waals surface area contributed by atoms with Crippen molar-refractivity contribution in [1.29, 1.82) is 0 Å². The van der Waals surface area contributed by atoms with Crippen LogP contribution in [0.2, 0.25) is 0 Å². The third-order valence-electron chi connectivity index (χ3n) is 4.23. The summed E-state index contributed by atoms with van der Waals surface area (Å²) < 4.78 is 0. The van der Waals surface area contributed by atoms with E-state index in [2.05, 4.69) is 24.4 Å². The molecule has 0 heterocycles. The number of rotatable bonds is 5. The highest BCUT2D eigenvalue weighted by atomic mass is 16.3. The maximum Gasteiger partial charge on any atom is 0.0626 e. The van der Waals surface area contributed by atoms with Crippen molar-refractivity contribution in [1.82, 2.24) is 5.32 Å². The Balaban J connectivity index is 2.01. The largest absolute Gasteiger partial charge is 0.394 e. The van der Waals surface area contributed by atoms with Crippen LogP contribution < -0.4 is 5.32 Å². The van der Waals surface area contributed by atoms with E-state index in [0.29, 0.717) is 6.04 Å². The summed E-state index contributed by atoms with van der Waals surface area (Å²) in [6, 6.07) is 10.9. The summed E-state index contributed by atoms with van der Waals surface area (Å²) in [6.45, 7) is 2.46. The Morgan fingerprint density at radius 3 is 2.61 bits per heavy atom. The summed E-state index contributed by atoms with van der Waals surface area (Å²) >= 11 is 0. The maximum atomic E-state index is 9.61. The molecule has 0 aromatic heterocycles. The number of nitrogens with one attached hydrogen (secondary N) is 1. The van der Waals surface area contributed by atoms with Gasteiger partial charge in [0.1, 0.15) is 0 Å². The highest BCUT2D eigenvalue weighted by Gasteiger charge is 2.25. The normalized spacial score (nSPS) is 25.9. The molecular formula is C16H25NO. The number of aliphatic hydroxyl groups excluding tert-OH is 1. The molecule has 1 aliphatic carbocycles. The SMILES string of the molecule is CCC1CCCCC1N[C@H](CO)c1ccccc1. The minimum Gasteiger partial charge on any atom is -0.394 e. The average Bonchev–Trinajstić information content (AvgIpc) is 2.46. The van der Waals surface area contributed by atoms with Gasteiger partial charge in [0.15, 0.2) is 0 Å². The van der Waals surface area contributed by atoms with Gasteiger partial charge in [-0.3, -0.25) is 0 Å². The van der Waals surface area contributed by atoms with Gasteiger partial charge in [-0.15, -0.1) is 0 Å². The van der Waals surface area contributed by atoms with Gasteiger partial charge < -0.3 is 10.4 Å². The van der Waals surface area contributed by atoms with Crippen LogP contribution in [0.3, 0.4) is 0 Å². The molecule has 0 aliphatic heterocycles. The standard InChI is InChI=1S/C16H25NO/c1-2-13-8-6-7-11-15(13)17-16(12-18)14-9-4-3-5-10-14/h3-5,9-10,13,15-18H,2,6-8,11-12H2,1H3/t13?,15?,16-/m1/s1. The second kappa shape index (κ2) is 6.91. The monoisotopic (exact) mass is 247 g/mol. The van der Waals surface area contributed by atoms with Crippen LogP contribution in [-0.4, -0.2) is 17.8 Å². The summed E-state index contributed by atoms with van der Waals surface area (Å²) in [5, 5.41) is 13.3. The first-order chi connectivity index (χ1) is 8.85. The first-order valence-electron chi connectivity index (χ1n) is 7.27. The van der Waals surface area contributed by atoms with Crippen molar-refractivity contribution < 1.29 is 5.11 Å².